The van der Waals surface area contributed by atoms with Crippen LogP contribution in [0.5, 0.6) is 5.75 Å². The highest BCUT2D eigenvalue weighted by Gasteiger charge is 2.30. The minimum absolute atomic E-state index is 0.0530. The quantitative estimate of drug-likeness (QED) is 0.812. The molecule has 0 amide bonds. The third kappa shape index (κ3) is 3.99. The summed E-state index contributed by atoms with van der Waals surface area (Å²) in [6.07, 6.45) is -0.0530. The summed E-state index contributed by atoms with van der Waals surface area (Å²) in [6.45, 7) is 3.30. The molecular weight excluding hydrogens is 312 g/mol. The first-order valence-corrected chi connectivity index (χ1v) is 8.83. The number of ketones is 1. The van der Waals surface area contributed by atoms with Crippen molar-refractivity contribution in [1.82, 2.24) is 0 Å². The molecule has 2 rings (SSSR count). The van der Waals surface area contributed by atoms with E-state index in [-0.39, 0.29) is 17.1 Å². The fraction of sp³-hybridized carbons (Fsp3) is 0.278. The second kappa shape index (κ2) is 6.96. The van der Waals surface area contributed by atoms with Crippen LogP contribution in [0, 0.1) is 6.92 Å². The maximum atomic E-state index is 13.0. The monoisotopic (exact) mass is 332 g/mol. The van der Waals surface area contributed by atoms with E-state index < -0.39 is 15.1 Å². The van der Waals surface area contributed by atoms with Crippen LogP contribution in [0.3, 0.4) is 0 Å². The number of ether oxygens (including phenoxy) is 1. The van der Waals surface area contributed by atoms with Gasteiger partial charge in [0, 0.05) is 6.42 Å². The van der Waals surface area contributed by atoms with Crippen molar-refractivity contribution in [2.45, 2.75) is 30.4 Å². The largest absolute Gasteiger partial charge is 0.497 e. The van der Waals surface area contributed by atoms with E-state index in [1.54, 1.807) is 55.6 Å². The molecule has 4 nitrogen and oxygen atoms in total. The Kier molecular flexibility index (Phi) is 5.21. The first-order valence-electron chi connectivity index (χ1n) is 7.28. The van der Waals surface area contributed by atoms with Gasteiger partial charge >= 0.3 is 0 Å². The van der Waals surface area contributed by atoms with Crippen LogP contribution in [0.15, 0.2) is 53.4 Å². The summed E-state index contributed by atoms with van der Waals surface area (Å²) in [6, 6.07) is 13.5. The van der Waals surface area contributed by atoms with Crippen LogP contribution >= 0.6 is 0 Å². The minimum Gasteiger partial charge on any atom is -0.497 e. The van der Waals surface area contributed by atoms with Gasteiger partial charge in [0.05, 0.1) is 17.3 Å². The SMILES string of the molecule is COc1ccc(C(CC(C)=O)S(=O)(=O)c2ccc(C)cc2)cc1. The molecule has 0 aliphatic heterocycles. The van der Waals surface area contributed by atoms with Crippen molar-refractivity contribution in [2.75, 3.05) is 7.11 Å². The van der Waals surface area contributed by atoms with Gasteiger partial charge < -0.3 is 4.74 Å². The summed E-state index contributed by atoms with van der Waals surface area (Å²) in [5.74, 6) is 0.476. The van der Waals surface area contributed by atoms with Crippen molar-refractivity contribution in [3.63, 3.8) is 0 Å². The first-order chi connectivity index (χ1) is 10.8. The molecule has 0 bridgehead atoms. The lowest BCUT2D eigenvalue weighted by Crippen LogP contribution is -2.16. The summed E-state index contributed by atoms with van der Waals surface area (Å²) in [5, 5.41) is -0.895. The third-order valence-electron chi connectivity index (χ3n) is 3.68. The van der Waals surface area contributed by atoms with E-state index in [0.717, 1.165) is 5.56 Å². The van der Waals surface area contributed by atoms with E-state index in [4.69, 9.17) is 4.74 Å². The van der Waals surface area contributed by atoms with E-state index in [1.165, 1.54) is 6.92 Å². The Morgan fingerprint density at radius 3 is 2.09 bits per heavy atom. The molecule has 0 radical (unpaired) electrons. The number of rotatable bonds is 6. The first kappa shape index (κ1) is 17.2. The number of methoxy groups -OCH3 is 1. The second-order valence-electron chi connectivity index (χ2n) is 5.53. The lowest BCUT2D eigenvalue weighted by Gasteiger charge is -2.17. The summed E-state index contributed by atoms with van der Waals surface area (Å²) in [7, 11) is -2.10. The van der Waals surface area contributed by atoms with Crippen molar-refractivity contribution < 1.29 is 17.9 Å². The Bertz CT molecular complexity index is 775. The molecule has 0 aromatic heterocycles. The molecular formula is C18H20O4S. The van der Waals surface area contributed by atoms with Gasteiger partial charge in [-0.2, -0.15) is 0 Å². The molecule has 0 saturated heterocycles. The molecule has 0 saturated carbocycles. The molecule has 23 heavy (non-hydrogen) atoms. The molecule has 0 N–H and O–H groups in total. The minimum atomic E-state index is -3.65. The van der Waals surface area contributed by atoms with E-state index >= 15 is 0 Å². The van der Waals surface area contributed by atoms with Crippen LogP contribution in [0.4, 0.5) is 0 Å². The van der Waals surface area contributed by atoms with Crippen molar-refractivity contribution in [3.8, 4) is 5.75 Å². The maximum Gasteiger partial charge on any atom is 0.185 e. The van der Waals surface area contributed by atoms with Crippen molar-refractivity contribution in [2.24, 2.45) is 0 Å². The van der Waals surface area contributed by atoms with Crippen LogP contribution in [0.25, 0.3) is 0 Å². The van der Waals surface area contributed by atoms with Crippen LogP contribution in [-0.2, 0) is 14.6 Å². The number of benzene rings is 2. The second-order valence-corrected chi connectivity index (χ2v) is 7.66. The maximum absolute atomic E-state index is 13.0. The van der Waals surface area contributed by atoms with Crippen LogP contribution in [-0.4, -0.2) is 21.3 Å². The fourth-order valence-corrected chi connectivity index (χ4v) is 4.19. The average Bonchev–Trinajstić information content (AvgIpc) is 2.53. The predicted molar refractivity (Wildman–Crippen MR) is 89.4 cm³/mol. The van der Waals surface area contributed by atoms with Gasteiger partial charge in [0.1, 0.15) is 11.5 Å². The van der Waals surface area contributed by atoms with Gasteiger partial charge in [0.25, 0.3) is 0 Å². The normalized spacial score (nSPS) is 12.7. The molecule has 5 heteroatoms. The zero-order chi connectivity index (χ0) is 17.0. The number of aryl methyl sites for hydroxylation is 1. The fourth-order valence-electron chi connectivity index (χ4n) is 2.38. The third-order valence-corrected chi connectivity index (χ3v) is 5.80. The van der Waals surface area contributed by atoms with Gasteiger partial charge in [-0.1, -0.05) is 29.8 Å². The standard InChI is InChI=1S/C18H20O4S/c1-13-4-10-17(11-5-13)23(20,21)18(12-14(2)19)15-6-8-16(22-3)9-7-15/h4-11,18H,12H2,1-3H3. The van der Waals surface area contributed by atoms with Crippen LogP contribution in [0.2, 0.25) is 0 Å². The van der Waals surface area contributed by atoms with Crippen molar-refractivity contribution >= 4 is 15.6 Å². The Hall–Kier alpha value is -2.14. The van der Waals surface area contributed by atoms with E-state index in [1.807, 2.05) is 6.92 Å². The van der Waals surface area contributed by atoms with Gasteiger partial charge in [-0.25, -0.2) is 8.42 Å². The van der Waals surface area contributed by atoms with Gasteiger partial charge in [-0.3, -0.25) is 4.79 Å². The number of sulfone groups is 1. The molecule has 2 aromatic carbocycles. The van der Waals surface area contributed by atoms with E-state index in [2.05, 4.69) is 0 Å². The molecule has 0 fully saturated rings. The van der Waals surface area contributed by atoms with Gasteiger partial charge in [-0.05, 0) is 43.7 Å². The Morgan fingerprint density at radius 1 is 1.04 bits per heavy atom. The van der Waals surface area contributed by atoms with E-state index in [0.29, 0.717) is 11.3 Å². The molecule has 2 aromatic rings. The summed E-state index contributed by atoms with van der Waals surface area (Å²) in [5.41, 5.74) is 1.57. The van der Waals surface area contributed by atoms with Gasteiger partial charge in [-0.15, -0.1) is 0 Å². The lowest BCUT2D eigenvalue weighted by atomic mass is 10.1. The number of carbonyl (C=O) groups is 1. The summed E-state index contributed by atoms with van der Waals surface area (Å²) < 4.78 is 31.0. The van der Waals surface area contributed by atoms with Gasteiger partial charge in [0.2, 0.25) is 0 Å². The zero-order valence-corrected chi connectivity index (χ0v) is 14.3. The Balaban J connectivity index is 2.48. The molecule has 1 atom stereocenters. The Morgan fingerprint density at radius 2 is 1.61 bits per heavy atom. The molecule has 0 aliphatic carbocycles. The molecule has 0 aliphatic rings. The van der Waals surface area contributed by atoms with Crippen molar-refractivity contribution in [1.29, 1.82) is 0 Å². The number of Topliss-reactive ketones (excluding diaryl/α,β-unsaturated/α-hetero) is 1. The highest BCUT2D eigenvalue weighted by Crippen LogP contribution is 2.33. The lowest BCUT2D eigenvalue weighted by molar-refractivity contribution is -0.117. The Labute approximate surface area is 137 Å². The number of hydrogen-bond donors (Lipinski definition) is 0. The van der Waals surface area contributed by atoms with Crippen LogP contribution in [0.1, 0.15) is 29.7 Å². The number of carbonyl (C=O) groups excluding carboxylic acids is 1. The highest BCUT2D eigenvalue weighted by molar-refractivity contribution is 7.91. The van der Waals surface area contributed by atoms with Crippen LogP contribution < -0.4 is 4.74 Å². The topological polar surface area (TPSA) is 60.4 Å². The summed E-state index contributed by atoms with van der Waals surface area (Å²) in [4.78, 5) is 11.8. The zero-order valence-electron chi connectivity index (χ0n) is 13.4. The highest BCUT2D eigenvalue weighted by atomic mass is 32.2. The molecule has 122 valence electrons. The van der Waals surface area contributed by atoms with E-state index in [9.17, 15) is 13.2 Å². The molecule has 1 unspecified atom stereocenters. The molecule has 0 heterocycles. The smallest absolute Gasteiger partial charge is 0.185 e. The van der Waals surface area contributed by atoms with Gasteiger partial charge in [0.15, 0.2) is 9.84 Å². The molecule has 0 spiro atoms. The average molecular weight is 332 g/mol. The number of hydrogen-bond acceptors (Lipinski definition) is 4. The van der Waals surface area contributed by atoms with Crippen molar-refractivity contribution in [3.05, 3.63) is 59.7 Å². The predicted octanol–water partition coefficient (Wildman–Crippen LogP) is 3.50. The summed E-state index contributed by atoms with van der Waals surface area (Å²) >= 11 is 0.